The highest BCUT2D eigenvalue weighted by molar-refractivity contribution is 5.69. The van der Waals surface area contributed by atoms with E-state index >= 15 is 0 Å². The summed E-state index contributed by atoms with van der Waals surface area (Å²) in [6, 6.07) is 0. The SMILES string of the molecule is CC(CCCO)C(O)N(C)OC(=O)CCCNC(=O)OC(C)(C)C. The number of nitrogens with one attached hydrogen (secondary N) is 1. The molecule has 0 aromatic heterocycles. The average molecular weight is 348 g/mol. The summed E-state index contributed by atoms with van der Waals surface area (Å²) in [7, 11) is 1.48. The van der Waals surface area contributed by atoms with Crippen molar-refractivity contribution in [2.24, 2.45) is 5.92 Å². The van der Waals surface area contributed by atoms with Gasteiger partial charge in [0.1, 0.15) is 11.8 Å². The number of nitrogens with zero attached hydrogens (tertiary/aromatic N) is 1. The molecule has 2 unspecified atom stereocenters. The van der Waals surface area contributed by atoms with Crippen molar-refractivity contribution in [3.05, 3.63) is 0 Å². The van der Waals surface area contributed by atoms with Gasteiger partial charge in [0.25, 0.3) is 0 Å². The third kappa shape index (κ3) is 11.2. The van der Waals surface area contributed by atoms with Gasteiger partial charge < -0.3 is 25.1 Å². The Morgan fingerprint density at radius 2 is 1.88 bits per heavy atom. The fraction of sp³-hybridized carbons (Fsp3) is 0.875. The van der Waals surface area contributed by atoms with Crippen molar-refractivity contribution in [3.8, 4) is 0 Å². The summed E-state index contributed by atoms with van der Waals surface area (Å²) in [4.78, 5) is 28.2. The Bertz CT molecular complexity index is 383. The predicted molar refractivity (Wildman–Crippen MR) is 88.8 cm³/mol. The maximum absolute atomic E-state index is 11.7. The Balaban J connectivity index is 3.94. The maximum atomic E-state index is 11.7. The Morgan fingerprint density at radius 1 is 1.25 bits per heavy atom. The number of amides is 1. The molecule has 0 rings (SSSR count). The van der Waals surface area contributed by atoms with E-state index in [9.17, 15) is 14.7 Å². The van der Waals surface area contributed by atoms with Crippen LogP contribution in [0, 0.1) is 5.92 Å². The van der Waals surface area contributed by atoms with Crippen LogP contribution in [0.25, 0.3) is 0 Å². The molecule has 0 aliphatic heterocycles. The number of aliphatic hydroxyl groups is 2. The number of ether oxygens (including phenoxy) is 1. The molecule has 0 radical (unpaired) electrons. The first kappa shape index (κ1) is 22.6. The summed E-state index contributed by atoms with van der Waals surface area (Å²) in [6.45, 7) is 7.48. The zero-order valence-corrected chi connectivity index (χ0v) is 15.4. The van der Waals surface area contributed by atoms with Crippen molar-refractivity contribution in [1.29, 1.82) is 0 Å². The first-order valence-corrected chi connectivity index (χ1v) is 8.26. The van der Waals surface area contributed by atoms with Gasteiger partial charge >= 0.3 is 12.1 Å². The summed E-state index contributed by atoms with van der Waals surface area (Å²) in [5.41, 5.74) is -0.561. The number of carbonyl (C=O) groups is 2. The molecule has 0 aliphatic rings. The topological polar surface area (TPSA) is 108 Å². The summed E-state index contributed by atoms with van der Waals surface area (Å²) >= 11 is 0. The minimum absolute atomic E-state index is 0.0607. The lowest BCUT2D eigenvalue weighted by Gasteiger charge is -2.26. The quantitative estimate of drug-likeness (QED) is 0.311. The van der Waals surface area contributed by atoms with Crippen molar-refractivity contribution in [1.82, 2.24) is 10.4 Å². The minimum Gasteiger partial charge on any atom is -0.444 e. The van der Waals surface area contributed by atoms with Crippen LogP contribution in [0.1, 0.15) is 53.4 Å². The highest BCUT2D eigenvalue weighted by atomic mass is 16.7. The van der Waals surface area contributed by atoms with Gasteiger partial charge in [-0.3, -0.25) is 4.79 Å². The molecule has 2 atom stereocenters. The van der Waals surface area contributed by atoms with Crippen LogP contribution >= 0.6 is 0 Å². The summed E-state index contributed by atoms with van der Waals surface area (Å²) in [5.74, 6) is -0.624. The van der Waals surface area contributed by atoms with Crippen molar-refractivity contribution in [2.75, 3.05) is 20.2 Å². The lowest BCUT2D eigenvalue weighted by atomic mass is 10.0. The van der Waals surface area contributed by atoms with Crippen molar-refractivity contribution < 1.29 is 29.4 Å². The van der Waals surface area contributed by atoms with Gasteiger partial charge in [0.15, 0.2) is 0 Å². The lowest BCUT2D eigenvalue weighted by Crippen LogP contribution is -2.38. The number of carbonyl (C=O) groups excluding carboxylic acids is 2. The van der Waals surface area contributed by atoms with Crippen LogP contribution in [-0.2, 0) is 14.4 Å². The molecule has 0 spiro atoms. The summed E-state index contributed by atoms with van der Waals surface area (Å²) < 4.78 is 5.07. The molecular weight excluding hydrogens is 316 g/mol. The second-order valence-corrected chi connectivity index (χ2v) is 6.80. The molecule has 0 fully saturated rings. The molecule has 24 heavy (non-hydrogen) atoms. The molecule has 8 heteroatoms. The van der Waals surface area contributed by atoms with Gasteiger partial charge in [-0.2, -0.15) is 0 Å². The van der Waals surface area contributed by atoms with Crippen LogP contribution in [0.2, 0.25) is 0 Å². The van der Waals surface area contributed by atoms with Gasteiger partial charge in [0, 0.05) is 26.6 Å². The molecule has 0 saturated carbocycles. The molecule has 0 saturated heterocycles. The molecule has 0 aromatic carbocycles. The fourth-order valence-corrected chi connectivity index (χ4v) is 1.92. The highest BCUT2D eigenvalue weighted by Crippen LogP contribution is 2.14. The summed E-state index contributed by atoms with van der Waals surface area (Å²) in [6.07, 6.45) is 0.261. The third-order valence-electron chi connectivity index (χ3n) is 3.17. The summed E-state index contributed by atoms with van der Waals surface area (Å²) in [5, 5.41) is 22.5. The van der Waals surface area contributed by atoms with Gasteiger partial charge in [-0.15, -0.1) is 5.06 Å². The zero-order chi connectivity index (χ0) is 18.8. The Morgan fingerprint density at radius 3 is 2.42 bits per heavy atom. The number of rotatable bonds is 10. The molecule has 0 heterocycles. The fourth-order valence-electron chi connectivity index (χ4n) is 1.92. The number of hydroxylamine groups is 2. The molecule has 1 amide bonds. The first-order chi connectivity index (χ1) is 11.1. The number of hydrogen-bond donors (Lipinski definition) is 3. The lowest BCUT2D eigenvalue weighted by molar-refractivity contribution is -0.232. The Hall–Kier alpha value is -1.38. The van der Waals surface area contributed by atoms with E-state index in [1.54, 1.807) is 20.8 Å². The van der Waals surface area contributed by atoms with Crippen LogP contribution in [0.15, 0.2) is 0 Å². The molecule has 8 nitrogen and oxygen atoms in total. The van der Waals surface area contributed by atoms with E-state index in [1.807, 2.05) is 6.92 Å². The van der Waals surface area contributed by atoms with Gasteiger partial charge in [-0.25, -0.2) is 4.79 Å². The van der Waals surface area contributed by atoms with E-state index in [-0.39, 0.29) is 18.9 Å². The smallest absolute Gasteiger partial charge is 0.407 e. The van der Waals surface area contributed by atoms with E-state index in [4.69, 9.17) is 14.7 Å². The molecule has 3 N–H and O–H groups in total. The van der Waals surface area contributed by atoms with Gasteiger partial charge in [0.2, 0.25) is 0 Å². The highest BCUT2D eigenvalue weighted by Gasteiger charge is 2.22. The van der Waals surface area contributed by atoms with Crippen LogP contribution in [-0.4, -0.2) is 59.4 Å². The van der Waals surface area contributed by atoms with E-state index in [0.717, 1.165) is 5.06 Å². The van der Waals surface area contributed by atoms with Crippen LogP contribution in [0.3, 0.4) is 0 Å². The van der Waals surface area contributed by atoms with Crippen molar-refractivity contribution in [3.63, 3.8) is 0 Å². The standard InChI is InChI=1S/C16H32N2O6/c1-12(8-7-11-19)14(21)18(5)24-13(20)9-6-10-17-15(22)23-16(2,3)4/h12,14,19,21H,6-11H2,1-5H3,(H,17,22). The normalized spacial score (nSPS) is 14.2. The molecule has 0 aliphatic carbocycles. The van der Waals surface area contributed by atoms with Crippen molar-refractivity contribution in [2.45, 2.75) is 65.2 Å². The van der Waals surface area contributed by atoms with Crippen LogP contribution < -0.4 is 5.32 Å². The second-order valence-electron chi connectivity index (χ2n) is 6.80. The Labute approximate surface area is 144 Å². The molecule has 0 bridgehead atoms. The Kier molecular flexibility index (Phi) is 10.6. The van der Waals surface area contributed by atoms with Crippen molar-refractivity contribution >= 4 is 12.1 Å². The first-order valence-electron chi connectivity index (χ1n) is 8.26. The van der Waals surface area contributed by atoms with E-state index in [0.29, 0.717) is 25.8 Å². The van der Waals surface area contributed by atoms with E-state index in [1.165, 1.54) is 7.05 Å². The second kappa shape index (κ2) is 11.2. The van der Waals surface area contributed by atoms with E-state index < -0.39 is 23.9 Å². The number of alkyl carbamates (subject to hydrolysis) is 1. The molecule has 142 valence electrons. The van der Waals surface area contributed by atoms with Gasteiger partial charge in [0.05, 0.1) is 0 Å². The van der Waals surface area contributed by atoms with Crippen LogP contribution in [0.4, 0.5) is 4.79 Å². The molecule has 0 aromatic rings. The third-order valence-corrected chi connectivity index (χ3v) is 3.17. The largest absolute Gasteiger partial charge is 0.444 e. The van der Waals surface area contributed by atoms with Crippen LogP contribution in [0.5, 0.6) is 0 Å². The monoisotopic (exact) mass is 348 g/mol. The number of aliphatic hydroxyl groups excluding tert-OH is 2. The molecular formula is C16H32N2O6. The van der Waals surface area contributed by atoms with E-state index in [2.05, 4.69) is 5.32 Å². The zero-order valence-electron chi connectivity index (χ0n) is 15.4. The van der Waals surface area contributed by atoms with Gasteiger partial charge in [-0.1, -0.05) is 6.92 Å². The minimum atomic E-state index is -0.930. The maximum Gasteiger partial charge on any atom is 0.407 e. The predicted octanol–water partition coefficient (Wildman–Crippen LogP) is 1.41. The average Bonchev–Trinajstić information content (AvgIpc) is 2.46. The van der Waals surface area contributed by atoms with Gasteiger partial charge in [-0.05, 0) is 46.0 Å². The number of hydrogen-bond acceptors (Lipinski definition) is 7.